The molecular formula is C16H26N2O3. The second-order valence-electron chi connectivity index (χ2n) is 5.28. The first kappa shape index (κ1) is 17.3. The lowest BCUT2D eigenvalue weighted by molar-refractivity contribution is -0.127. The zero-order chi connectivity index (χ0) is 16.0. The van der Waals surface area contributed by atoms with Gasteiger partial charge in [-0.05, 0) is 25.5 Å². The third kappa shape index (κ3) is 4.36. The first-order valence-electron chi connectivity index (χ1n) is 7.22. The number of ether oxygens (including phenoxy) is 1. The number of nitrogens with zero attached hydrogens (tertiary/aromatic N) is 2. The molecule has 5 heteroatoms. The van der Waals surface area contributed by atoms with E-state index in [0.717, 1.165) is 24.2 Å². The molecule has 0 fully saturated rings. The Hall–Kier alpha value is -1.75. The Bertz CT molecular complexity index is 473. The van der Waals surface area contributed by atoms with E-state index >= 15 is 0 Å². The number of likely N-dealkylation sites (N-methyl/N-ethyl adjacent to an activating group) is 1. The number of aliphatic hydroxyl groups is 1. The van der Waals surface area contributed by atoms with Crippen molar-refractivity contribution in [3.8, 4) is 5.75 Å². The van der Waals surface area contributed by atoms with Crippen LogP contribution in [-0.4, -0.2) is 50.2 Å². The van der Waals surface area contributed by atoms with Crippen molar-refractivity contribution in [1.29, 1.82) is 0 Å². The summed E-state index contributed by atoms with van der Waals surface area (Å²) in [6.45, 7) is 4.80. The Morgan fingerprint density at radius 3 is 2.52 bits per heavy atom. The maximum absolute atomic E-state index is 12.0. The molecule has 0 aliphatic heterocycles. The van der Waals surface area contributed by atoms with Crippen LogP contribution < -0.4 is 9.64 Å². The third-order valence-corrected chi connectivity index (χ3v) is 3.34. The van der Waals surface area contributed by atoms with Gasteiger partial charge in [0, 0.05) is 31.9 Å². The number of methoxy groups -OCH3 is 1. The average molecular weight is 294 g/mol. The summed E-state index contributed by atoms with van der Waals surface area (Å²) in [4.78, 5) is 15.6. The van der Waals surface area contributed by atoms with E-state index in [9.17, 15) is 9.90 Å². The normalized spacial score (nSPS) is 11.9. The van der Waals surface area contributed by atoms with Gasteiger partial charge in [-0.1, -0.05) is 13.0 Å². The van der Waals surface area contributed by atoms with Crippen molar-refractivity contribution in [1.82, 2.24) is 4.90 Å². The molecule has 1 aromatic rings. The molecule has 0 unspecified atom stereocenters. The van der Waals surface area contributed by atoms with Crippen molar-refractivity contribution in [3.05, 3.63) is 23.8 Å². The monoisotopic (exact) mass is 294 g/mol. The lowest BCUT2D eigenvalue weighted by atomic mass is 10.1. The fourth-order valence-electron chi connectivity index (χ4n) is 2.27. The molecule has 1 amide bonds. The summed E-state index contributed by atoms with van der Waals surface area (Å²) in [5.74, 6) is 0.670. The molecule has 21 heavy (non-hydrogen) atoms. The maximum atomic E-state index is 12.0. The summed E-state index contributed by atoms with van der Waals surface area (Å²) in [5.41, 5.74) is 1.57. The molecular weight excluding hydrogens is 268 g/mol. The topological polar surface area (TPSA) is 53.0 Å². The molecule has 0 aliphatic carbocycles. The molecule has 118 valence electrons. The predicted octanol–water partition coefficient (Wildman–Crippen LogP) is 2.05. The molecule has 0 radical (unpaired) electrons. The van der Waals surface area contributed by atoms with Gasteiger partial charge in [-0.15, -0.1) is 0 Å². The summed E-state index contributed by atoms with van der Waals surface area (Å²) in [7, 11) is 5.07. The van der Waals surface area contributed by atoms with E-state index < -0.39 is 6.10 Å². The minimum absolute atomic E-state index is 0.0304. The fraction of sp³-hybridized carbons (Fsp3) is 0.562. The van der Waals surface area contributed by atoms with Gasteiger partial charge in [0.1, 0.15) is 5.75 Å². The quantitative estimate of drug-likeness (QED) is 0.836. The van der Waals surface area contributed by atoms with Gasteiger partial charge in [0.15, 0.2) is 0 Å². The number of amides is 1. The predicted molar refractivity (Wildman–Crippen MR) is 84.8 cm³/mol. The fourth-order valence-corrected chi connectivity index (χ4v) is 2.27. The summed E-state index contributed by atoms with van der Waals surface area (Å²) < 4.78 is 5.35. The van der Waals surface area contributed by atoms with Crippen LogP contribution in [0.25, 0.3) is 0 Å². The molecule has 0 bridgehead atoms. The Kier molecular flexibility index (Phi) is 6.49. The first-order valence-corrected chi connectivity index (χ1v) is 7.22. The minimum atomic E-state index is -0.662. The van der Waals surface area contributed by atoms with Crippen molar-refractivity contribution in [2.45, 2.75) is 26.4 Å². The van der Waals surface area contributed by atoms with Crippen molar-refractivity contribution in [2.24, 2.45) is 0 Å². The zero-order valence-corrected chi connectivity index (χ0v) is 13.6. The Morgan fingerprint density at radius 2 is 2.05 bits per heavy atom. The molecule has 0 heterocycles. The zero-order valence-electron chi connectivity index (χ0n) is 13.6. The summed E-state index contributed by atoms with van der Waals surface area (Å²) in [5, 5.41) is 10.1. The largest absolute Gasteiger partial charge is 0.496 e. The van der Waals surface area contributed by atoms with Crippen LogP contribution in [0.2, 0.25) is 0 Å². The highest BCUT2D eigenvalue weighted by molar-refractivity contribution is 5.81. The van der Waals surface area contributed by atoms with E-state index in [1.54, 1.807) is 33.0 Å². The van der Waals surface area contributed by atoms with Gasteiger partial charge in [0.05, 0.1) is 19.8 Å². The molecule has 1 N–H and O–H groups in total. The lowest BCUT2D eigenvalue weighted by Gasteiger charge is -2.29. The highest BCUT2D eigenvalue weighted by Crippen LogP contribution is 2.34. The van der Waals surface area contributed by atoms with Crippen LogP contribution >= 0.6 is 0 Å². The van der Waals surface area contributed by atoms with Crippen molar-refractivity contribution in [2.75, 3.05) is 39.2 Å². The first-order chi connectivity index (χ1) is 9.92. The van der Waals surface area contributed by atoms with Gasteiger partial charge in [0.2, 0.25) is 5.91 Å². The molecule has 5 nitrogen and oxygen atoms in total. The van der Waals surface area contributed by atoms with Crippen LogP contribution in [0.1, 0.15) is 31.9 Å². The van der Waals surface area contributed by atoms with Crippen molar-refractivity contribution >= 4 is 11.6 Å². The van der Waals surface area contributed by atoms with Crippen LogP contribution in [-0.2, 0) is 4.79 Å². The number of rotatable bonds is 7. The second kappa shape index (κ2) is 7.88. The number of anilines is 1. The smallest absolute Gasteiger partial charge is 0.241 e. The summed E-state index contributed by atoms with van der Waals surface area (Å²) in [6.07, 6.45) is 0.252. The molecule has 0 saturated heterocycles. The summed E-state index contributed by atoms with van der Waals surface area (Å²) >= 11 is 0. The number of hydrogen-bond acceptors (Lipinski definition) is 4. The van der Waals surface area contributed by atoms with Gasteiger partial charge in [-0.3, -0.25) is 4.79 Å². The van der Waals surface area contributed by atoms with E-state index in [1.807, 2.05) is 23.1 Å². The lowest BCUT2D eigenvalue weighted by Crippen LogP contribution is -2.37. The SMILES string of the molecule is CCCN(CC(=O)N(C)C)c1cccc(OC)c1[C@@H](C)O. The second-order valence-corrected chi connectivity index (χ2v) is 5.28. The van der Waals surface area contributed by atoms with Gasteiger partial charge >= 0.3 is 0 Å². The summed E-state index contributed by atoms with van der Waals surface area (Å²) in [6, 6.07) is 5.62. The number of carbonyl (C=O) groups is 1. The average Bonchev–Trinajstić information content (AvgIpc) is 2.45. The van der Waals surface area contributed by atoms with E-state index in [1.165, 1.54) is 0 Å². The molecule has 1 aromatic carbocycles. The van der Waals surface area contributed by atoms with Crippen molar-refractivity contribution in [3.63, 3.8) is 0 Å². The van der Waals surface area contributed by atoms with Crippen molar-refractivity contribution < 1.29 is 14.6 Å². The van der Waals surface area contributed by atoms with Gasteiger partial charge in [-0.25, -0.2) is 0 Å². The molecule has 0 aliphatic rings. The van der Waals surface area contributed by atoms with Crippen LogP contribution in [0.3, 0.4) is 0 Å². The van der Waals surface area contributed by atoms with E-state index in [-0.39, 0.29) is 12.5 Å². The maximum Gasteiger partial charge on any atom is 0.241 e. The van der Waals surface area contributed by atoms with Crippen LogP contribution in [0, 0.1) is 0 Å². The van der Waals surface area contributed by atoms with Gasteiger partial charge in [-0.2, -0.15) is 0 Å². The number of benzene rings is 1. The minimum Gasteiger partial charge on any atom is -0.496 e. The highest BCUT2D eigenvalue weighted by Gasteiger charge is 2.20. The Morgan fingerprint density at radius 1 is 1.38 bits per heavy atom. The number of carbonyl (C=O) groups excluding carboxylic acids is 1. The Balaban J connectivity index is 3.21. The molecule has 1 atom stereocenters. The standard InChI is InChI=1S/C16H26N2O3/c1-6-10-18(11-15(20)17(3)4)13-8-7-9-14(21-5)16(13)12(2)19/h7-9,12,19H,6,10-11H2,1-5H3/t12-/m1/s1. The van der Waals surface area contributed by atoms with E-state index in [2.05, 4.69) is 6.92 Å². The van der Waals surface area contributed by atoms with Crippen LogP contribution in [0.4, 0.5) is 5.69 Å². The van der Waals surface area contributed by atoms with Gasteiger partial charge < -0.3 is 19.6 Å². The van der Waals surface area contributed by atoms with Gasteiger partial charge in [0.25, 0.3) is 0 Å². The van der Waals surface area contributed by atoms with E-state index in [4.69, 9.17) is 4.74 Å². The third-order valence-electron chi connectivity index (χ3n) is 3.34. The number of aliphatic hydroxyl groups excluding tert-OH is 1. The molecule has 1 rings (SSSR count). The highest BCUT2D eigenvalue weighted by atomic mass is 16.5. The van der Waals surface area contributed by atoms with Crippen LogP contribution in [0.5, 0.6) is 5.75 Å². The molecule has 0 saturated carbocycles. The Labute approximate surface area is 127 Å². The van der Waals surface area contributed by atoms with E-state index in [0.29, 0.717) is 5.75 Å². The van der Waals surface area contributed by atoms with Crippen LogP contribution in [0.15, 0.2) is 18.2 Å². The molecule has 0 spiro atoms. The number of hydrogen-bond donors (Lipinski definition) is 1. The molecule has 0 aromatic heterocycles.